The number of hydrogen-bond acceptors (Lipinski definition) is 3. The standard InChI is InChI=1S/C13H24N2O/c1-12-7-8-13(16-12)11-15(2)10-6-4-3-5-9-14/h7-8H,3-6,9-11,14H2,1-2H3. The maximum Gasteiger partial charge on any atom is 0.118 e. The second kappa shape index (κ2) is 7.47. The molecule has 0 fully saturated rings. The summed E-state index contributed by atoms with van der Waals surface area (Å²) in [5.74, 6) is 2.05. The minimum absolute atomic E-state index is 0.821. The van der Waals surface area contributed by atoms with Crippen molar-refractivity contribution in [1.82, 2.24) is 4.90 Å². The van der Waals surface area contributed by atoms with Crippen LogP contribution in [0, 0.1) is 6.92 Å². The van der Waals surface area contributed by atoms with Crippen LogP contribution in [0.5, 0.6) is 0 Å². The van der Waals surface area contributed by atoms with Crippen LogP contribution in [-0.4, -0.2) is 25.0 Å². The molecule has 0 atom stereocenters. The molecule has 0 radical (unpaired) electrons. The Balaban J connectivity index is 2.09. The van der Waals surface area contributed by atoms with Crippen molar-refractivity contribution in [3.8, 4) is 0 Å². The van der Waals surface area contributed by atoms with Crippen molar-refractivity contribution in [2.45, 2.75) is 39.2 Å². The number of unbranched alkanes of at least 4 members (excludes halogenated alkanes) is 3. The highest BCUT2D eigenvalue weighted by Gasteiger charge is 2.03. The number of aryl methyl sites for hydroxylation is 1. The van der Waals surface area contributed by atoms with Crippen molar-refractivity contribution in [1.29, 1.82) is 0 Å². The summed E-state index contributed by atoms with van der Waals surface area (Å²) in [6.45, 7) is 4.84. The van der Waals surface area contributed by atoms with Crippen LogP contribution in [0.15, 0.2) is 16.5 Å². The van der Waals surface area contributed by atoms with E-state index in [0.717, 1.165) is 37.6 Å². The van der Waals surface area contributed by atoms with Gasteiger partial charge in [0.05, 0.1) is 6.54 Å². The van der Waals surface area contributed by atoms with Crippen LogP contribution in [0.25, 0.3) is 0 Å². The molecule has 1 rings (SSSR count). The van der Waals surface area contributed by atoms with Gasteiger partial charge in [0.25, 0.3) is 0 Å². The highest BCUT2D eigenvalue weighted by atomic mass is 16.3. The van der Waals surface area contributed by atoms with Crippen LogP contribution >= 0.6 is 0 Å². The Morgan fingerprint density at radius 2 is 1.94 bits per heavy atom. The predicted octanol–water partition coefficient (Wildman–Crippen LogP) is 2.54. The van der Waals surface area contributed by atoms with E-state index in [0.29, 0.717) is 0 Å². The molecule has 0 unspecified atom stereocenters. The molecule has 0 bridgehead atoms. The van der Waals surface area contributed by atoms with E-state index in [9.17, 15) is 0 Å². The van der Waals surface area contributed by atoms with Gasteiger partial charge in [-0.2, -0.15) is 0 Å². The molecule has 3 nitrogen and oxygen atoms in total. The summed E-state index contributed by atoms with van der Waals surface area (Å²) in [6.07, 6.45) is 4.93. The minimum Gasteiger partial charge on any atom is -0.465 e. The number of hydrogen-bond donors (Lipinski definition) is 1. The maximum atomic E-state index is 5.54. The van der Waals surface area contributed by atoms with Crippen LogP contribution < -0.4 is 5.73 Å². The molecule has 0 aliphatic carbocycles. The van der Waals surface area contributed by atoms with E-state index in [2.05, 4.69) is 18.0 Å². The lowest BCUT2D eigenvalue weighted by molar-refractivity contribution is 0.285. The van der Waals surface area contributed by atoms with Crippen molar-refractivity contribution in [2.24, 2.45) is 5.73 Å². The second-order valence-corrected chi connectivity index (χ2v) is 4.45. The number of nitrogens with zero attached hydrogens (tertiary/aromatic N) is 1. The van der Waals surface area contributed by atoms with Crippen LogP contribution in [0.2, 0.25) is 0 Å². The van der Waals surface area contributed by atoms with E-state index in [1.165, 1.54) is 19.3 Å². The average molecular weight is 224 g/mol. The van der Waals surface area contributed by atoms with Crippen molar-refractivity contribution >= 4 is 0 Å². The summed E-state index contributed by atoms with van der Waals surface area (Å²) in [4.78, 5) is 2.31. The molecule has 0 spiro atoms. The fourth-order valence-electron chi connectivity index (χ4n) is 1.79. The summed E-state index contributed by atoms with van der Waals surface area (Å²) in [7, 11) is 2.14. The summed E-state index contributed by atoms with van der Waals surface area (Å²) in [5, 5.41) is 0. The molecule has 0 aromatic carbocycles. The van der Waals surface area contributed by atoms with Gasteiger partial charge in [-0.1, -0.05) is 12.8 Å². The Morgan fingerprint density at radius 1 is 1.19 bits per heavy atom. The van der Waals surface area contributed by atoms with E-state index >= 15 is 0 Å². The molecule has 0 aliphatic rings. The number of furan rings is 1. The predicted molar refractivity (Wildman–Crippen MR) is 67.3 cm³/mol. The highest BCUT2D eigenvalue weighted by Crippen LogP contribution is 2.09. The summed E-state index contributed by atoms with van der Waals surface area (Å²) < 4.78 is 5.54. The van der Waals surface area contributed by atoms with Crippen molar-refractivity contribution in [3.05, 3.63) is 23.7 Å². The zero-order valence-corrected chi connectivity index (χ0v) is 10.5. The molecule has 0 saturated heterocycles. The molecule has 2 N–H and O–H groups in total. The van der Waals surface area contributed by atoms with Crippen LogP contribution in [-0.2, 0) is 6.54 Å². The molecule has 0 amide bonds. The van der Waals surface area contributed by atoms with E-state index in [4.69, 9.17) is 10.2 Å². The topological polar surface area (TPSA) is 42.4 Å². The Hall–Kier alpha value is -0.800. The SMILES string of the molecule is Cc1ccc(CN(C)CCCCCCN)o1. The van der Waals surface area contributed by atoms with Gasteiger partial charge in [-0.3, -0.25) is 4.90 Å². The lowest BCUT2D eigenvalue weighted by Crippen LogP contribution is -2.18. The van der Waals surface area contributed by atoms with Gasteiger partial charge >= 0.3 is 0 Å². The summed E-state index contributed by atoms with van der Waals surface area (Å²) in [5.41, 5.74) is 5.45. The molecular weight excluding hydrogens is 200 g/mol. The van der Waals surface area contributed by atoms with Gasteiger partial charge < -0.3 is 10.2 Å². The number of rotatable bonds is 8. The summed E-state index contributed by atoms with van der Waals surface area (Å²) >= 11 is 0. The third kappa shape index (κ3) is 5.33. The Morgan fingerprint density at radius 3 is 2.56 bits per heavy atom. The lowest BCUT2D eigenvalue weighted by atomic mass is 10.2. The first-order valence-electron chi connectivity index (χ1n) is 6.16. The van der Waals surface area contributed by atoms with Gasteiger partial charge in [0.15, 0.2) is 0 Å². The van der Waals surface area contributed by atoms with Gasteiger partial charge in [-0.25, -0.2) is 0 Å². The fourth-order valence-corrected chi connectivity index (χ4v) is 1.79. The zero-order chi connectivity index (χ0) is 11.8. The van der Waals surface area contributed by atoms with E-state index in [1.807, 2.05) is 13.0 Å². The third-order valence-corrected chi connectivity index (χ3v) is 2.72. The Labute approximate surface area is 98.6 Å². The molecule has 1 heterocycles. The van der Waals surface area contributed by atoms with Gasteiger partial charge in [0.2, 0.25) is 0 Å². The van der Waals surface area contributed by atoms with Crippen LogP contribution in [0.4, 0.5) is 0 Å². The third-order valence-electron chi connectivity index (χ3n) is 2.72. The quantitative estimate of drug-likeness (QED) is 0.690. The molecule has 1 aromatic rings. The van der Waals surface area contributed by atoms with Gasteiger partial charge in [-0.05, 0) is 52.0 Å². The first kappa shape index (κ1) is 13.3. The molecule has 0 saturated carbocycles. The van der Waals surface area contributed by atoms with Gasteiger partial charge in [0, 0.05) is 0 Å². The first-order valence-corrected chi connectivity index (χ1v) is 6.16. The smallest absolute Gasteiger partial charge is 0.118 e. The molecule has 1 aromatic heterocycles. The Kier molecular flexibility index (Phi) is 6.19. The monoisotopic (exact) mass is 224 g/mol. The lowest BCUT2D eigenvalue weighted by Gasteiger charge is -2.14. The number of nitrogens with two attached hydrogens (primary N) is 1. The minimum atomic E-state index is 0.821. The van der Waals surface area contributed by atoms with Crippen LogP contribution in [0.1, 0.15) is 37.2 Å². The van der Waals surface area contributed by atoms with Gasteiger partial charge in [0.1, 0.15) is 11.5 Å². The Bertz CT molecular complexity index is 283. The molecular formula is C13H24N2O. The van der Waals surface area contributed by atoms with Gasteiger partial charge in [-0.15, -0.1) is 0 Å². The highest BCUT2D eigenvalue weighted by molar-refractivity contribution is 5.05. The fraction of sp³-hybridized carbons (Fsp3) is 0.692. The van der Waals surface area contributed by atoms with Crippen LogP contribution in [0.3, 0.4) is 0 Å². The second-order valence-electron chi connectivity index (χ2n) is 4.45. The summed E-state index contributed by atoms with van der Waals surface area (Å²) in [6, 6.07) is 4.07. The maximum absolute atomic E-state index is 5.54. The zero-order valence-electron chi connectivity index (χ0n) is 10.5. The average Bonchev–Trinajstić information content (AvgIpc) is 2.63. The van der Waals surface area contributed by atoms with Crippen molar-refractivity contribution in [3.63, 3.8) is 0 Å². The largest absolute Gasteiger partial charge is 0.465 e. The van der Waals surface area contributed by atoms with Crippen molar-refractivity contribution < 1.29 is 4.42 Å². The van der Waals surface area contributed by atoms with E-state index in [-0.39, 0.29) is 0 Å². The van der Waals surface area contributed by atoms with E-state index in [1.54, 1.807) is 0 Å². The van der Waals surface area contributed by atoms with Crippen molar-refractivity contribution in [2.75, 3.05) is 20.1 Å². The first-order chi connectivity index (χ1) is 7.72. The molecule has 92 valence electrons. The normalized spacial score (nSPS) is 11.2. The molecule has 0 aliphatic heterocycles. The molecule has 3 heteroatoms. The molecule has 16 heavy (non-hydrogen) atoms. The van der Waals surface area contributed by atoms with E-state index < -0.39 is 0 Å².